The molecule has 0 spiro atoms. The molecule has 144 valence electrons. The van der Waals surface area contributed by atoms with Crippen molar-refractivity contribution in [3.05, 3.63) is 66.0 Å². The van der Waals surface area contributed by atoms with Gasteiger partial charge in [0.2, 0.25) is 0 Å². The first-order chi connectivity index (χ1) is 13.4. The molecule has 0 bridgehead atoms. The first-order valence-corrected chi connectivity index (χ1v) is 10.9. The summed E-state index contributed by atoms with van der Waals surface area (Å²) in [5, 5.41) is 0. The Hall–Kier alpha value is -2.09. The Morgan fingerprint density at radius 1 is 0.704 bits per heavy atom. The zero-order valence-corrected chi connectivity index (χ0v) is 16.9. The lowest BCUT2D eigenvalue weighted by Crippen LogP contribution is -2.05. The highest BCUT2D eigenvalue weighted by Crippen LogP contribution is 2.20. The first-order valence-electron chi connectivity index (χ1n) is 10.9. The molecule has 27 heavy (non-hydrogen) atoms. The van der Waals surface area contributed by atoms with Gasteiger partial charge in [0.15, 0.2) is 0 Å². The van der Waals surface area contributed by atoms with Gasteiger partial charge < -0.3 is 4.57 Å². The molecule has 3 rings (SSSR count). The van der Waals surface area contributed by atoms with Gasteiger partial charge in [0.1, 0.15) is 5.82 Å². The zero-order valence-electron chi connectivity index (χ0n) is 16.9. The van der Waals surface area contributed by atoms with Gasteiger partial charge >= 0.3 is 0 Å². The molecule has 0 N–H and O–H groups in total. The van der Waals surface area contributed by atoms with Crippen LogP contribution < -0.4 is 0 Å². The van der Waals surface area contributed by atoms with Crippen molar-refractivity contribution in [2.45, 2.75) is 77.7 Å². The zero-order chi connectivity index (χ0) is 18.7. The van der Waals surface area contributed by atoms with Gasteiger partial charge in [0.25, 0.3) is 0 Å². The minimum absolute atomic E-state index is 0.911. The molecule has 0 amide bonds. The van der Waals surface area contributed by atoms with Crippen molar-refractivity contribution < 1.29 is 0 Å². The van der Waals surface area contributed by atoms with Crippen LogP contribution in [-0.4, -0.2) is 9.55 Å². The summed E-state index contributed by atoms with van der Waals surface area (Å²) in [6.07, 6.45) is 13.4. The lowest BCUT2D eigenvalue weighted by molar-refractivity contribution is 0.559. The predicted octanol–water partition coefficient (Wildman–Crippen LogP) is 7.16. The number of hydrogen-bond donors (Lipinski definition) is 0. The average Bonchev–Trinajstić information content (AvgIpc) is 3.05. The van der Waals surface area contributed by atoms with Crippen molar-refractivity contribution in [1.82, 2.24) is 9.55 Å². The molecule has 3 aromatic rings. The van der Waals surface area contributed by atoms with Crippen molar-refractivity contribution in [2.75, 3.05) is 0 Å². The summed E-state index contributed by atoms with van der Waals surface area (Å²) < 4.78 is 2.41. The number of para-hydroxylation sites is 2. The van der Waals surface area contributed by atoms with Crippen LogP contribution in [-0.2, 0) is 13.0 Å². The Balaban J connectivity index is 1.54. The fraction of sp³-hybridized carbons (Fsp3) is 0.480. The molecule has 0 saturated heterocycles. The lowest BCUT2D eigenvalue weighted by Gasteiger charge is -2.09. The number of hydrogen-bond acceptors (Lipinski definition) is 1. The topological polar surface area (TPSA) is 17.8 Å². The summed E-state index contributed by atoms with van der Waals surface area (Å²) in [6, 6.07) is 19.3. The summed E-state index contributed by atoms with van der Waals surface area (Å²) >= 11 is 0. The van der Waals surface area contributed by atoms with Crippen molar-refractivity contribution in [2.24, 2.45) is 0 Å². The van der Waals surface area contributed by atoms with Gasteiger partial charge in [-0.3, -0.25) is 0 Å². The van der Waals surface area contributed by atoms with E-state index in [4.69, 9.17) is 4.98 Å². The molecule has 2 nitrogen and oxygen atoms in total. The second kappa shape index (κ2) is 10.9. The number of nitrogens with zero attached hydrogens (tertiary/aromatic N) is 2. The molecule has 1 aromatic heterocycles. The summed E-state index contributed by atoms with van der Waals surface area (Å²) in [5.41, 5.74) is 3.72. The largest absolute Gasteiger partial charge is 0.323 e. The average molecular weight is 363 g/mol. The molecule has 0 aliphatic carbocycles. The molecule has 1 heterocycles. The number of fused-ring (bicyclic) bond motifs is 1. The maximum absolute atomic E-state index is 4.94. The highest BCUT2D eigenvalue weighted by atomic mass is 15.1. The van der Waals surface area contributed by atoms with Gasteiger partial charge in [0, 0.05) is 13.0 Å². The van der Waals surface area contributed by atoms with E-state index in [0.717, 1.165) is 18.5 Å². The maximum Gasteiger partial charge on any atom is 0.110 e. The van der Waals surface area contributed by atoms with E-state index in [9.17, 15) is 0 Å². The van der Waals surface area contributed by atoms with Crippen LogP contribution in [0.1, 0.15) is 76.1 Å². The standard InChI is InChI=1S/C25H34N2/c1-2-3-4-5-6-7-8-9-13-20-25-26-23-18-14-15-19-24(23)27(25)21-22-16-11-10-12-17-22/h10-12,14-19H,2-9,13,20-21H2,1H3. The molecular formula is C25H34N2. The molecule has 2 heteroatoms. The number of aromatic nitrogens is 2. The molecule has 0 aliphatic rings. The Bertz CT molecular complexity index is 788. The third-order valence-electron chi connectivity index (χ3n) is 5.42. The molecule has 0 atom stereocenters. The van der Waals surface area contributed by atoms with Crippen LogP contribution in [0.15, 0.2) is 54.6 Å². The van der Waals surface area contributed by atoms with Crippen molar-refractivity contribution >= 4 is 11.0 Å². The number of unbranched alkanes of at least 4 members (excludes halogenated alkanes) is 8. The number of benzene rings is 2. The maximum atomic E-state index is 4.94. The number of aryl methyl sites for hydroxylation is 1. The summed E-state index contributed by atoms with van der Waals surface area (Å²) in [6.45, 7) is 3.19. The Morgan fingerprint density at radius 3 is 2.07 bits per heavy atom. The second-order valence-corrected chi connectivity index (χ2v) is 7.67. The summed E-state index contributed by atoms with van der Waals surface area (Å²) in [5.74, 6) is 1.24. The normalized spacial score (nSPS) is 11.3. The summed E-state index contributed by atoms with van der Waals surface area (Å²) in [4.78, 5) is 4.94. The molecule has 0 unspecified atom stereocenters. The highest BCUT2D eigenvalue weighted by molar-refractivity contribution is 5.76. The van der Waals surface area contributed by atoms with E-state index in [1.54, 1.807) is 0 Å². The van der Waals surface area contributed by atoms with Gasteiger partial charge in [-0.25, -0.2) is 4.98 Å². The minimum atomic E-state index is 0.911. The van der Waals surface area contributed by atoms with E-state index in [-0.39, 0.29) is 0 Å². The molecule has 2 aromatic carbocycles. The van der Waals surface area contributed by atoms with Gasteiger partial charge in [-0.05, 0) is 24.1 Å². The van der Waals surface area contributed by atoms with Crippen LogP contribution in [0, 0.1) is 0 Å². The van der Waals surface area contributed by atoms with Crippen LogP contribution >= 0.6 is 0 Å². The van der Waals surface area contributed by atoms with E-state index in [1.807, 2.05) is 0 Å². The molecule has 0 radical (unpaired) electrons. The monoisotopic (exact) mass is 362 g/mol. The minimum Gasteiger partial charge on any atom is -0.323 e. The van der Waals surface area contributed by atoms with Crippen molar-refractivity contribution in [3.63, 3.8) is 0 Å². The molecule has 0 aliphatic heterocycles. The fourth-order valence-electron chi connectivity index (χ4n) is 3.85. The molecular weight excluding hydrogens is 328 g/mol. The van der Waals surface area contributed by atoms with Crippen molar-refractivity contribution in [1.29, 1.82) is 0 Å². The lowest BCUT2D eigenvalue weighted by atomic mass is 10.1. The SMILES string of the molecule is CCCCCCCCCCCc1nc2ccccc2n1Cc1ccccc1. The van der Waals surface area contributed by atoms with Crippen molar-refractivity contribution in [3.8, 4) is 0 Å². The Morgan fingerprint density at radius 2 is 1.33 bits per heavy atom. The first kappa shape index (κ1) is 19.7. The Kier molecular flexibility index (Phi) is 7.95. The van der Waals surface area contributed by atoms with E-state index in [1.165, 1.54) is 74.7 Å². The summed E-state index contributed by atoms with van der Waals surface area (Å²) in [7, 11) is 0. The van der Waals surface area contributed by atoms with Crippen LogP contribution in [0.3, 0.4) is 0 Å². The number of imidazole rings is 1. The van der Waals surface area contributed by atoms with E-state index in [2.05, 4.69) is 66.1 Å². The van der Waals surface area contributed by atoms with Crippen LogP contribution in [0.5, 0.6) is 0 Å². The third kappa shape index (κ3) is 5.95. The van der Waals surface area contributed by atoms with Crippen LogP contribution in [0.2, 0.25) is 0 Å². The molecule has 0 fully saturated rings. The third-order valence-corrected chi connectivity index (χ3v) is 5.42. The van der Waals surface area contributed by atoms with E-state index >= 15 is 0 Å². The highest BCUT2D eigenvalue weighted by Gasteiger charge is 2.10. The van der Waals surface area contributed by atoms with E-state index < -0.39 is 0 Å². The quantitative estimate of drug-likeness (QED) is 0.313. The number of rotatable bonds is 12. The van der Waals surface area contributed by atoms with Crippen LogP contribution in [0.4, 0.5) is 0 Å². The van der Waals surface area contributed by atoms with Gasteiger partial charge in [-0.1, -0.05) is 101 Å². The fourth-order valence-corrected chi connectivity index (χ4v) is 3.85. The second-order valence-electron chi connectivity index (χ2n) is 7.67. The predicted molar refractivity (Wildman–Crippen MR) is 116 cm³/mol. The smallest absolute Gasteiger partial charge is 0.110 e. The van der Waals surface area contributed by atoms with Gasteiger partial charge in [-0.15, -0.1) is 0 Å². The van der Waals surface area contributed by atoms with Gasteiger partial charge in [0.05, 0.1) is 11.0 Å². The van der Waals surface area contributed by atoms with Gasteiger partial charge in [-0.2, -0.15) is 0 Å². The Labute approximate surface area is 164 Å². The van der Waals surface area contributed by atoms with E-state index in [0.29, 0.717) is 0 Å². The molecule has 0 saturated carbocycles. The van der Waals surface area contributed by atoms with Crippen LogP contribution in [0.25, 0.3) is 11.0 Å².